The SMILES string of the molecule is CC(C)c1c(Br)c(F)c2cnc(N)nn12.CS(=O)(=O)N1CCCC(O)C1. The summed E-state index contributed by atoms with van der Waals surface area (Å²) in [7, 11) is -3.09. The highest BCUT2D eigenvalue weighted by molar-refractivity contribution is 9.10. The Hall–Kier alpha value is -1.30. The van der Waals surface area contributed by atoms with Crippen LogP contribution in [0.1, 0.15) is 38.3 Å². The zero-order chi connectivity index (χ0) is 19.6. The second-order valence-electron chi connectivity index (χ2n) is 6.50. The number of nitrogen functional groups attached to an aromatic ring is 1. The molecule has 1 atom stereocenters. The molecule has 2 aromatic rings. The largest absolute Gasteiger partial charge is 0.392 e. The molecule has 0 spiro atoms. The summed E-state index contributed by atoms with van der Waals surface area (Å²) in [6.45, 7) is 4.74. The van der Waals surface area contributed by atoms with E-state index in [0.717, 1.165) is 12.1 Å². The summed E-state index contributed by atoms with van der Waals surface area (Å²) in [4.78, 5) is 3.77. The first kappa shape index (κ1) is 21.0. The van der Waals surface area contributed by atoms with E-state index in [0.29, 0.717) is 23.0 Å². The van der Waals surface area contributed by atoms with E-state index in [2.05, 4.69) is 26.0 Å². The number of anilines is 1. The van der Waals surface area contributed by atoms with Crippen LogP contribution in [0.3, 0.4) is 0 Å². The Morgan fingerprint density at radius 3 is 2.62 bits per heavy atom. The van der Waals surface area contributed by atoms with Gasteiger partial charge in [0.2, 0.25) is 16.0 Å². The van der Waals surface area contributed by atoms with E-state index in [1.807, 2.05) is 13.8 Å². The fraction of sp³-hybridized carbons (Fsp3) is 0.600. The maximum absolute atomic E-state index is 13.7. The summed E-state index contributed by atoms with van der Waals surface area (Å²) >= 11 is 3.21. The number of hydrogen-bond acceptors (Lipinski definition) is 6. The van der Waals surface area contributed by atoms with Crippen LogP contribution in [0.2, 0.25) is 0 Å². The van der Waals surface area contributed by atoms with Crippen molar-refractivity contribution >= 4 is 37.4 Å². The van der Waals surface area contributed by atoms with Crippen LogP contribution in [0, 0.1) is 5.82 Å². The average molecular weight is 452 g/mol. The van der Waals surface area contributed by atoms with Gasteiger partial charge in [-0.3, -0.25) is 0 Å². The van der Waals surface area contributed by atoms with Crippen molar-refractivity contribution in [3.05, 3.63) is 22.2 Å². The summed E-state index contributed by atoms with van der Waals surface area (Å²) in [5.74, 6) is -0.0729. The Kier molecular flexibility index (Phi) is 6.59. The Balaban J connectivity index is 0.000000197. The zero-order valence-corrected chi connectivity index (χ0v) is 17.3. The van der Waals surface area contributed by atoms with Gasteiger partial charge in [-0.1, -0.05) is 13.8 Å². The van der Waals surface area contributed by atoms with Crippen LogP contribution in [-0.4, -0.2) is 57.9 Å². The molecule has 3 rings (SSSR count). The molecule has 11 heteroatoms. The maximum atomic E-state index is 13.7. The van der Waals surface area contributed by atoms with Crippen molar-refractivity contribution in [2.45, 2.75) is 38.7 Å². The molecule has 1 aliphatic heterocycles. The average Bonchev–Trinajstić information content (AvgIpc) is 2.78. The van der Waals surface area contributed by atoms with Gasteiger partial charge in [-0.2, -0.15) is 4.31 Å². The van der Waals surface area contributed by atoms with Gasteiger partial charge < -0.3 is 10.8 Å². The van der Waals surface area contributed by atoms with Crippen molar-refractivity contribution in [2.24, 2.45) is 0 Å². The second-order valence-corrected chi connectivity index (χ2v) is 9.27. The molecule has 1 fully saturated rings. The molecular formula is C15H23BrFN5O3S. The van der Waals surface area contributed by atoms with E-state index >= 15 is 0 Å². The topological polar surface area (TPSA) is 114 Å². The molecule has 0 aromatic carbocycles. The van der Waals surface area contributed by atoms with Crippen LogP contribution in [-0.2, 0) is 10.0 Å². The summed E-state index contributed by atoms with van der Waals surface area (Å²) in [5.41, 5.74) is 6.57. The number of aliphatic hydroxyl groups is 1. The molecule has 0 bridgehead atoms. The number of halogens is 2. The van der Waals surface area contributed by atoms with Crippen LogP contribution in [0.5, 0.6) is 0 Å². The lowest BCUT2D eigenvalue weighted by atomic mass is 10.1. The van der Waals surface area contributed by atoms with Gasteiger partial charge in [-0.25, -0.2) is 22.3 Å². The van der Waals surface area contributed by atoms with E-state index < -0.39 is 16.1 Å². The summed E-state index contributed by atoms with van der Waals surface area (Å²) in [6, 6.07) is 0. The lowest BCUT2D eigenvalue weighted by Crippen LogP contribution is -2.41. The Morgan fingerprint density at radius 2 is 2.12 bits per heavy atom. The van der Waals surface area contributed by atoms with Gasteiger partial charge in [0.05, 0.1) is 28.7 Å². The third-order valence-corrected chi connectivity index (χ3v) is 6.02. The Bertz CT molecular complexity index is 887. The minimum absolute atomic E-state index is 0.131. The highest BCUT2D eigenvalue weighted by Gasteiger charge is 2.24. The molecule has 3 heterocycles. The van der Waals surface area contributed by atoms with Crippen LogP contribution >= 0.6 is 15.9 Å². The molecule has 1 aliphatic rings. The van der Waals surface area contributed by atoms with Crippen LogP contribution in [0.4, 0.5) is 10.3 Å². The third-order valence-electron chi connectivity index (χ3n) is 4.00. The minimum Gasteiger partial charge on any atom is -0.392 e. The van der Waals surface area contributed by atoms with Crippen molar-refractivity contribution in [1.29, 1.82) is 0 Å². The molecule has 26 heavy (non-hydrogen) atoms. The number of piperidine rings is 1. The van der Waals surface area contributed by atoms with Crippen molar-refractivity contribution in [3.63, 3.8) is 0 Å². The number of aromatic nitrogens is 3. The number of nitrogens with zero attached hydrogens (tertiary/aromatic N) is 4. The minimum atomic E-state index is -3.09. The van der Waals surface area contributed by atoms with E-state index in [1.54, 1.807) is 0 Å². The summed E-state index contributed by atoms with van der Waals surface area (Å²) in [6.07, 6.45) is 3.55. The number of fused-ring (bicyclic) bond motifs is 1. The molecule has 8 nitrogen and oxygen atoms in total. The lowest BCUT2D eigenvalue weighted by molar-refractivity contribution is 0.108. The number of hydrogen-bond donors (Lipinski definition) is 2. The number of β-amino-alcohol motifs (C(OH)–C–C–N with tert-alkyl or cyclic N) is 1. The Morgan fingerprint density at radius 1 is 1.46 bits per heavy atom. The normalized spacial score (nSPS) is 18.8. The smallest absolute Gasteiger partial charge is 0.238 e. The van der Waals surface area contributed by atoms with Gasteiger partial charge in [0.1, 0.15) is 5.52 Å². The van der Waals surface area contributed by atoms with Gasteiger partial charge in [0.15, 0.2) is 5.82 Å². The van der Waals surface area contributed by atoms with E-state index in [9.17, 15) is 12.8 Å². The van der Waals surface area contributed by atoms with Crippen molar-refractivity contribution in [2.75, 3.05) is 25.1 Å². The number of nitrogens with two attached hydrogens (primary N) is 1. The predicted octanol–water partition coefficient (Wildman–Crippen LogP) is 1.74. The number of aliphatic hydroxyl groups excluding tert-OH is 1. The first-order chi connectivity index (χ1) is 12.0. The monoisotopic (exact) mass is 451 g/mol. The van der Waals surface area contributed by atoms with E-state index in [4.69, 9.17) is 10.8 Å². The van der Waals surface area contributed by atoms with Gasteiger partial charge in [-0.05, 0) is 34.7 Å². The fourth-order valence-electron chi connectivity index (χ4n) is 2.74. The first-order valence-corrected chi connectivity index (χ1v) is 10.8. The van der Waals surface area contributed by atoms with E-state index in [1.165, 1.54) is 21.3 Å². The Labute approximate surface area is 160 Å². The standard InChI is InChI=1S/C9H10BrFN4.C6H13NO3S/c1-4(2)8-6(10)7(11)5-3-13-9(12)14-15(5)8;1-11(9,10)7-4-2-3-6(8)5-7/h3-4H,1-2H3,(H2,12,14);6,8H,2-5H2,1H3. The van der Waals surface area contributed by atoms with Gasteiger partial charge >= 0.3 is 0 Å². The highest BCUT2D eigenvalue weighted by Crippen LogP contribution is 2.31. The highest BCUT2D eigenvalue weighted by atomic mass is 79.9. The van der Waals surface area contributed by atoms with E-state index in [-0.39, 0.29) is 24.2 Å². The van der Waals surface area contributed by atoms with Crippen LogP contribution in [0.25, 0.3) is 5.52 Å². The van der Waals surface area contributed by atoms with Crippen LogP contribution < -0.4 is 5.73 Å². The summed E-state index contributed by atoms with van der Waals surface area (Å²) < 4.78 is 38.9. The van der Waals surface area contributed by atoms with Crippen molar-refractivity contribution in [1.82, 2.24) is 18.9 Å². The van der Waals surface area contributed by atoms with Gasteiger partial charge in [0.25, 0.3) is 0 Å². The zero-order valence-electron chi connectivity index (χ0n) is 14.9. The number of sulfonamides is 1. The van der Waals surface area contributed by atoms with Gasteiger partial charge in [-0.15, -0.1) is 5.10 Å². The predicted molar refractivity (Wildman–Crippen MR) is 101 cm³/mol. The molecule has 146 valence electrons. The molecule has 0 aliphatic carbocycles. The maximum Gasteiger partial charge on any atom is 0.238 e. The molecule has 0 amide bonds. The fourth-order valence-corrected chi connectivity index (χ4v) is 4.47. The molecule has 1 unspecified atom stereocenters. The third kappa shape index (κ3) is 4.70. The second kappa shape index (κ2) is 8.15. The molecule has 1 saturated heterocycles. The molecule has 0 saturated carbocycles. The summed E-state index contributed by atoms with van der Waals surface area (Å²) in [5, 5.41) is 13.1. The van der Waals surface area contributed by atoms with Gasteiger partial charge in [0, 0.05) is 13.1 Å². The van der Waals surface area contributed by atoms with Crippen LogP contribution in [0.15, 0.2) is 10.7 Å². The number of rotatable bonds is 2. The molecule has 0 radical (unpaired) electrons. The molecular weight excluding hydrogens is 429 g/mol. The van der Waals surface area contributed by atoms with Crippen molar-refractivity contribution in [3.8, 4) is 0 Å². The first-order valence-electron chi connectivity index (χ1n) is 8.13. The van der Waals surface area contributed by atoms with Crippen molar-refractivity contribution < 1.29 is 17.9 Å². The molecule has 2 aromatic heterocycles. The molecule has 3 N–H and O–H groups in total. The lowest BCUT2D eigenvalue weighted by Gasteiger charge is -2.27. The quantitative estimate of drug-likeness (QED) is 0.718.